The maximum absolute atomic E-state index is 12.3. The second-order valence-electron chi connectivity index (χ2n) is 5.31. The van der Waals surface area contributed by atoms with Gasteiger partial charge in [-0.2, -0.15) is 0 Å². The molecular weight excluding hydrogens is 278 g/mol. The van der Waals surface area contributed by atoms with E-state index in [1.807, 2.05) is 7.05 Å². The molecule has 2 rings (SSSR count). The van der Waals surface area contributed by atoms with Crippen LogP contribution in [-0.4, -0.2) is 39.8 Å². The molecule has 1 aliphatic carbocycles. The highest BCUT2D eigenvalue weighted by atomic mass is 32.2. The zero-order chi connectivity index (χ0) is 14.8. The Morgan fingerprint density at radius 2 is 2.20 bits per heavy atom. The van der Waals surface area contributed by atoms with E-state index in [1.165, 1.54) is 0 Å². The molecule has 2 N–H and O–H groups in total. The van der Waals surface area contributed by atoms with E-state index in [9.17, 15) is 8.42 Å². The maximum Gasteiger partial charge on any atom is 0.242 e. The van der Waals surface area contributed by atoms with Crippen molar-refractivity contribution in [1.82, 2.24) is 14.6 Å². The Hall–Kier alpha value is -0.890. The highest BCUT2D eigenvalue weighted by molar-refractivity contribution is 7.89. The van der Waals surface area contributed by atoms with Gasteiger partial charge in [0.25, 0.3) is 0 Å². The maximum atomic E-state index is 12.3. The molecule has 1 unspecified atom stereocenters. The molecule has 1 saturated carbocycles. The van der Waals surface area contributed by atoms with Crippen LogP contribution in [0.1, 0.15) is 31.5 Å². The number of nitrogens with zero attached hydrogens (tertiary/aromatic N) is 1. The van der Waals surface area contributed by atoms with Crippen LogP contribution in [0.4, 0.5) is 0 Å². The van der Waals surface area contributed by atoms with Crippen LogP contribution in [0.5, 0.6) is 0 Å². The first-order chi connectivity index (χ1) is 9.47. The van der Waals surface area contributed by atoms with Crippen LogP contribution in [-0.2, 0) is 21.3 Å². The molecular formula is C13H23N3O3S. The fraction of sp³-hybridized carbons (Fsp3) is 0.692. The lowest BCUT2D eigenvalue weighted by Crippen LogP contribution is -2.35. The predicted octanol–water partition coefficient (Wildman–Crippen LogP) is 0.856. The largest absolute Gasteiger partial charge is 0.383 e. The molecule has 0 bridgehead atoms. The normalized spacial score (nSPS) is 17.4. The summed E-state index contributed by atoms with van der Waals surface area (Å²) in [6, 6.07) is 1.96. The Kier molecular flexibility index (Phi) is 4.85. The fourth-order valence-electron chi connectivity index (χ4n) is 2.28. The second-order valence-corrected chi connectivity index (χ2v) is 7.03. The van der Waals surface area contributed by atoms with Gasteiger partial charge in [-0.25, -0.2) is 13.1 Å². The molecule has 1 aliphatic rings. The van der Waals surface area contributed by atoms with Gasteiger partial charge < -0.3 is 14.6 Å². The van der Waals surface area contributed by atoms with E-state index >= 15 is 0 Å². The first-order valence-electron chi connectivity index (χ1n) is 6.84. The van der Waals surface area contributed by atoms with Gasteiger partial charge in [0.05, 0.1) is 11.5 Å². The molecule has 0 spiro atoms. The van der Waals surface area contributed by atoms with Crippen LogP contribution in [0.2, 0.25) is 0 Å². The number of ether oxygens (including phenoxy) is 1. The third-order valence-electron chi connectivity index (χ3n) is 3.29. The first kappa shape index (κ1) is 15.5. The standard InChI is InChI=1S/C13H23N3O3S/c1-10(9-19-3)15-20(17,18)13-6-12(7-14-2)16(8-13)11-4-5-11/h6,8,10-11,14-15H,4-5,7,9H2,1-3H3. The highest BCUT2D eigenvalue weighted by Crippen LogP contribution is 2.37. The summed E-state index contributed by atoms with van der Waals surface area (Å²) in [5.41, 5.74) is 1.01. The Labute approximate surface area is 120 Å². The Balaban J connectivity index is 2.20. The summed E-state index contributed by atoms with van der Waals surface area (Å²) < 4.78 is 34.3. The summed E-state index contributed by atoms with van der Waals surface area (Å²) in [6.07, 6.45) is 3.99. The summed E-state index contributed by atoms with van der Waals surface area (Å²) in [6.45, 7) is 2.80. The van der Waals surface area contributed by atoms with Crippen molar-refractivity contribution in [2.75, 3.05) is 20.8 Å². The topological polar surface area (TPSA) is 72.4 Å². The number of sulfonamides is 1. The molecule has 1 aromatic rings. The van der Waals surface area contributed by atoms with Crippen LogP contribution in [0.15, 0.2) is 17.2 Å². The highest BCUT2D eigenvalue weighted by Gasteiger charge is 2.28. The van der Waals surface area contributed by atoms with Crippen LogP contribution in [0.25, 0.3) is 0 Å². The molecule has 7 heteroatoms. The van der Waals surface area contributed by atoms with Crippen molar-refractivity contribution in [2.24, 2.45) is 0 Å². The number of aromatic nitrogens is 1. The third-order valence-corrected chi connectivity index (χ3v) is 4.84. The molecule has 1 heterocycles. The molecule has 1 fully saturated rings. The Morgan fingerprint density at radius 1 is 1.50 bits per heavy atom. The average Bonchev–Trinajstić information content (AvgIpc) is 3.10. The average molecular weight is 301 g/mol. The van der Waals surface area contributed by atoms with Gasteiger partial charge in [-0.05, 0) is 32.9 Å². The van der Waals surface area contributed by atoms with Crippen molar-refractivity contribution >= 4 is 10.0 Å². The van der Waals surface area contributed by atoms with Crippen molar-refractivity contribution in [3.8, 4) is 0 Å². The first-order valence-corrected chi connectivity index (χ1v) is 8.33. The lowest BCUT2D eigenvalue weighted by molar-refractivity contribution is 0.180. The van der Waals surface area contributed by atoms with Crippen molar-refractivity contribution in [1.29, 1.82) is 0 Å². The van der Waals surface area contributed by atoms with Gasteiger partial charge in [-0.15, -0.1) is 0 Å². The van der Waals surface area contributed by atoms with E-state index in [1.54, 1.807) is 26.3 Å². The molecule has 1 atom stereocenters. The van der Waals surface area contributed by atoms with Crippen LogP contribution in [0.3, 0.4) is 0 Å². The third kappa shape index (κ3) is 3.60. The number of hydrogen-bond donors (Lipinski definition) is 2. The zero-order valence-corrected chi connectivity index (χ0v) is 13.0. The SMILES string of the molecule is CNCc1cc(S(=O)(=O)NC(C)COC)cn1C1CC1. The minimum Gasteiger partial charge on any atom is -0.383 e. The number of methoxy groups -OCH3 is 1. The predicted molar refractivity (Wildman–Crippen MR) is 77.1 cm³/mol. The van der Waals surface area contributed by atoms with E-state index in [2.05, 4.69) is 14.6 Å². The van der Waals surface area contributed by atoms with E-state index in [-0.39, 0.29) is 6.04 Å². The molecule has 0 aliphatic heterocycles. The number of nitrogens with one attached hydrogen (secondary N) is 2. The molecule has 1 aromatic heterocycles. The molecule has 0 radical (unpaired) electrons. The zero-order valence-electron chi connectivity index (χ0n) is 12.2. The summed E-state index contributed by atoms with van der Waals surface area (Å²) in [4.78, 5) is 0.331. The van der Waals surface area contributed by atoms with Gasteiger partial charge in [0.15, 0.2) is 0 Å². The monoisotopic (exact) mass is 301 g/mol. The van der Waals surface area contributed by atoms with E-state index in [0.717, 1.165) is 18.5 Å². The Bertz CT molecular complexity index is 549. The van der Waals surface area contributed by atoms with Crippen molar-refractivity contribution in [2.45, 2.75) is 43.3 Å². The van der Waals surface area contributed by atoms with Crippen LogP contribution < -0.4 is 10.0 Å². The lowest BCUT2D eigenvalue weighted by Gasteiger charge is -2.12. The minimum atomic E-state index is -3.49. The van der Waals surface area contributed by atoms with E-state index < -0.39 is 10.0 Å². The summed E-state index contributed by atoms with van der Waals surface area (Å²) >= 11 is 0. The minimum absolute atomic E-state index is 0.248. The van der Waals surface area contributed by atoms with Gasteiger partial charge >= 0.3 is 0 Å². The molecule has 6 nitrogen and oxygen atoms in total. The van der Waals surface area contributed by atoms with Crippen molar-refractivity contribution < 1.29 is 13.2 Å². The van der Waals surface area contributed by atoms with Crippen LogP contribution in [0, 0.1) is 0 Å². The Morgan fingerprint density at radius 3 is 2.75 bits per heavy atom. The summed E-state index contributed by atoms with van der Waals surface area (Å²) in [7, 11) is -0.0726. The summed E-state index contributed by atoms with van der Waals surface area (Å²) in [5, 5.41) is 3.08. The molecule has 0 aromatic carbocycles. The van der Waals surface area contributed by atoms with Crippen molar-refractivity contribution in [3.05, 3.63) is 18.0 Å². The fourth-order valence-corrected chi connectivity index (χ4v) is 3.55. The quantitative estimate of drug-likeness (QED) is 0.747. The van der Waals surface area contributed by atoms with E-state index in [0.29, 0.717) is 24.1 Å². The summed E-state index contributed by atoms with van der Waals surface area (Å²) in [5.74, 6) is 0. The number of rotatable bonds is 8. The van der Waals surface area contributed by atoms with Crippen LogP contribution >= 0.6 is 0 Å². The van der Waals surface area contributed by atoms with Gasteiger partial charge in [0.1, 0.15) is 0 Å². The van der Waals surface area contributed by atoms with Gasteiger partial charge in [-0.3, -0.25) is 0 Å². The number of hydrogen-bond acceptors (Lipinski definition) is 4. The van der Waals surface area contributed by atoms with Crippen molar-refractivity contribution in [3.63, 3.8) is 0 Å². The van der Waals surface area contributed by atoms with Gasteiger partial charge in [0, 0.05) is 37.6 Å². The molecule has 0 saturated heterocycles. The van der Waals surface area contributed by atoms with Gasteiger partial charge in [-0.1, -0.05) is 0 Å². The molecule has 114 valence electrons. The lowest BCUT2D eigenvalue weighted by atomic mass is 10.4. The molecule has 20 heavy (non-hydrogen) atoms. The molecule has 0 amide bonds. The second kappa shape index (κ2) is 6.26. The smallest absolute Gasteiger partial charge is 0.242 e. The van der Waals surface area contributed by atoms with E-state index in [4.69, 9.17) is 4.74 Å². The van der Waals surface area contributed by atoms with Gasteiger partial charge in [0.2, 0.25) is 10.0 Å².